The van der Waals surface area contributed by atoms with Gasteiger partial charge in [-0.25, -0.2) is 0 Å². The average molecular weight is 326 g/mol. The van der Waals surface area contributed by atoms with Gasteiger partial charge in [0.2, 0.25) is 5.91 Å². The van der Waals surface area contributed by atoms with Crippen molar-refractivity contribution >= 4 is 5.91 Å². The summed E-state index contributed by atoms with van der Waals surface area (Å²) in [5.74, 6) is 0.356. The highest BCUT2D eigenvalue weighted by atomic mass is 16.5. The number of nitrogens with one attached hydrogen (secondary N) is 1. The van der Waals surface area contributed by atoms with Crippen LogP contribution >= 0.6 is 0 Å². The topological polar surface area (TPSA) is 60.0 Å². The van der Waals surface area contributed by atoms with Crippen molar-refractivity contribution in [3.8, 4) is 0 Å². The molecule has 1 aliphatic carbocycles. The summed E-state index contributed by atoms with van der Waals surface area (Å²) in [5.41, 5.74) is 0.0289. The fraction of sp³-hybridized carbons (Fsp3) is 0.941. The summed E-state index contributed by atoms with van der Waals surface area (Å²) < 4.78 is 16.8. The van der Waals surface area contributed by atoms with Crippen molar-refractivity contribution in [3.63, 3.8) is 0 Å². The van der Waals surface area contributed by atoms with Crippen molar-refractivity contribution in [3.05, 3.63) is 0 Å². The quantitative estimate of drug-likeness (QED) is 0.782. The van der Waals surface area contributed by atoms with Crippen LogP contribution in [-0.4, -0.2) is 74.6 Å². The lowest BCUT2D eigenvalue weighted by Gasteiger charge is -2.55. The van der Waals surface area contributed by atoms with E-state index in [1.807, 2.05) is 6.92 Å². The molecule has 1 amide bonds. The maximum atomic E-state index is 12.4. The number of ether oxygens (including phenoxy) is 3. The van der Waals surface area contributed by atoms with Crippen LogP contribution in [0.5, 0.6) is 0 Å². The molecule has 0 aromatic carbocycles. The van der Waals surface area contributed by atoms with Gasteiger partial charge in [0.15, 0.2) is 0 Å². The number of carbonyl (C=O) groups is 1. The lowest BCUT2D eigenvalue weighted by Crippen LogP contribution is -2.67. The number of nitrogens with zero attached hydrogens (tertiary/aromatic N) is 1. The van der Waals surface area contributed by atoms with Gasteiger partial charge >= 0.3 is 0 Å². The van der Waals surface area contributed by atoms with Crippen molar-refractivity contribution in [1.82, 2.24) is 10.2 Å². The monoisotopic (exact) mass is 326 g/mol. The number of hydrogen-bond donors (Lipinski definition) is 1. The zero-order valence-corrected chi connectivity index (χ0v) is 14.4. The Balaban J connectivity index is 1.57. The van der Waals surface area contributed by atoms with Crippen LogP contribution in [-0.2, 0) is 19.0 Å². The molecule has 3 rings (SSSR count). The Morgan fingerprint density at radius 3 is 2.65 bits per heavy atom. The van der Waals surface area contributed by atoms with Crippen LogP contribution in [0.1, 0.15) is 33.1 Å². The molecular formula is C17H30N2O4. The van der Waals surface area contributed by atoms with E-state index in [0.29, 0.717) is 25.2 Å². The van der Waals surface area contributed by atoms with Crippen molar-refractivity contribution in [2.75, 3.05) is 46.1 Å². The van der Waals surface area contributed by atoms with Crippen LogP contribution in [0.4, 0.5) is 0 Å². The van der Waals surface area contributed by atoms with Crippen LogP contribution in [0, 0.1) is 5.92 Å². The van der Waals surface area contributed by atoms with Crippen LogP contribution in [0.3, 0.4) is 0 Å². The molecule has 132 valence electrons. The molecule has 0 aromatic heterocycles. The normalized spacial score (nSPS) is 38.3. The number of carbonyl (C=O) groups excluding carboxylic acids is 1. The summed E-state index contributed by atoms with van der Waals surface area (Å²) in [6.07, 6.45) is 2.99. The Bertz CT molecular complexity index is 405. The fourth-order valence-electron chi connectivity index (χ4n) is 4.08. The van der Waals surface area contributed by atoms with Gasteiger partial charge in [0.1, 0.15) is 6.10 Å². The van der Waals surface area contributed by atoms with Crippen molar-refractivity contribution < 1.29 is 19.0 Å². The molecule has 3 fully saturated rings. The van der Waals surface area contributed by atoms with Crippen LogP contribution in [0.15, 0.2) is 0 Å². The molecule has 0 bridgehead atoms. The minimum absolute atomic E-state index is 0.0289. The highest BCUT2D eigenvalue weighted by Gasteiger charge is 2.49. The highest BCUT2D eigenvalue weighted by molar-refractivity contribution is 5.81. The standard InChI is InChI=1S/C17H30N2O4/c1-3-22-14-10-17(11-14,19-5-8-21-9-6-19)12-18-16(20)15-13(2)4-7-23-15/h13-15H,3-12H2,1-2H3,(H,18,20)/t13-,14?,15+,17?/m1/s1. The molecule has 2 saturated heterocycles. The lowest BCUT2D eigenvalue weighted by molar-refractivity contribution is -0.140. The van der Waals surface area contributed by atoms with E-state index in [1.54, 1.807) is 0 Å². The van der Waals surface area contributed by atoms with E-state index >= 15 is 0 Å². The van der Waals surface area contributed by atoms with Crippen molar-refractivity contribution in [2.24, 2.45) is 5.92 Å². The first-order valence-corrected chi connectivity index (χ1v) is 8.98. The van der Waals surface area contributed by atoms with Crippen LogP contribution in [0.2, 0.25) is 0 Å². The molecule has 2 aliphatic heterocycles. The summed E-state index contributed by atoms with van der Waals surface area (Å²) in [7, 11) is 0. The predicted molar refractivity (Wildman–Crippen MR) is 86.3 cm³/mol. The Kier molecular flexibility index (Phi) is 5.57. The van der Waals surface area contributed by atoms with E-state index in [1.165, 1.54) is 0 Å². The molecule has 0 unspecified atom stereocenters. The largest absolute Gasteiger partial charge is 0.379 e. The molecule has 0 spiro atoms. The molecule has 0 radical (unpaired) electrons. The smallest absolute Gasteiger partial charge is 0.249 e. The van der Waals surface area contributed by atoms with Gasteiger partial charge in [-0.05, 0) is 32.1 Å². The first kappa shape index (κ1) is 17.1. The number of amides is 1. The molecule has 6 heteroatoms. The van der Waals surface area contributed by atoms with Gasteiger partial charge in [0.25, 0.3) is 0 Å². The van der Waals surface area contributed by atoms with Crippen LogP contribution in [0.25, 0.3) is 0 Å². The van der Waals surface area contributed by atoms with Gasteiger partial charge in [-0.1, -0.05) is 6.92 Å². The Morgan fingerprint density at radius 2 is 2.04 bits per heavy atom. The molecule has 0 aromatic rings. The number of hydrogen-bond acceptors (Lipinski definition) is 5. The Morgan fingerprint density at radius 1 is 1.30 bits per heavy atom. The number of morpholine rings is 1. The SMILES string of the molecule is CCOC1CC(CNC(=O)[C@H]2OCC[C@H]2C)(N2CCOCC2)C1. The summed E-state index contributed by atoms with van der Waals surface area (Å²) in [6, 6.07) is 0. The highest BCUT2D eigenvalue weighted by Crippen LogP contribution is 2.40. The second-order valence-electron chi connectivity index (χ2n) is 7.08. The van der Waals surface area contributed by atoms with Gasteiger partial charge in [-0.3, -0.25) is 9.69 Å². The minimum atomic E-state index is -0.278. The van der Waals surface area contributed by atoms with Gasteiger partial charge in [-0.2, -0.15) is 0 Å². The first-order chi connectivity index (χ1) is 11.1. The summed E-state index contributed by atoms with van der Waals surface area (Å²) in [4.78, 5) is 14.9. The van der Waals surface area contributed by atoms with Crippen molar-refractivity contribution in [2.45, 2.75) is 50.9 Å². The molecule has 1 N–H and O–H groups in total. The van der Waals surface area contributed by atoms with E-state index in [-0.39, 0.29) is 17.6 Å². The molecular weight excluding hydrogens is 296 g/mol. The zero-order valence-electron chi connectivity index (χ0n) is 14.4. The van der Waals surface area contributed by atoms with E-state index in [4.69, 9.17) is 14.2 Å². The molecule has 2 heterocycles. The van der Waals surface area contributed by atoms with E-state index < -0.39 is 0 Å². The van der Waals surface area contributed by atoms with Crippen LogP contribution < -0.4 is 5.32 Å². The fourth-order valence-corrected chi connectivity index (χ4v) is 4.08. The van der Waals surface area contributed by atoms with Gasteiger partial charge in [-0.15, -0.1) is 0 Å². The summed E-state index contributed by atoms with van der Waals surface area (Å²) >= 11 is 0. The number of rotatable bonds is 6. The van der Waals surface area contributed by atoms with Gasteiger partial charge < -0.3 is 19.5 Å². The third-order valence-corrected chi connectivity index (χ3v) is 5.54. The third-order valence-electron chi connectivity index (χ3n) is 5.54. The molecule has 3 aliphatic rings. The van der Waals surface area contributed by atoms with Gasteiger partial charge in [0, 0.05) is 38.4 Å². The maximum absolute atomic E-state index is 12.4. The summed E-state index contributed by atoms with van der Waals surface area (Å²) in [6.45, 7) is 9.68. The molecule has 6 nitrogen and oxygen atoms in total. The third kappa shape index (κ3) is 3.71. The van der Waals surface area contributed by atoms with E-state index in [0.717, 1.165) is 52.2 Å². The predicted octanol–water partition coefficient (Wildman–Crippen LogP) is 0.798. The lowest BCUT2D eigenvalue weighted by atomic mass is 9.72. The summed E-state index contributed by atoms with van der Waals surface area (Å²) in [5, 5.41) is 3.16. The zero-order chi connectivity index (χ0) is 16.3. The van der Waals surface area contributed by atoms with E-state index in [2.05, 4.69) is 17.1 Å². The second-order valence-corrected chi connectivity index (χ2v) is 7.08. The second kappa shape index (κ2) is 7.47. The van der Waals surface area contributed by atoms with E-state index in [9.17, 15) is 4.79 Å². The molecule has 2 atom stereocenters. The minimum Gasteiger partial charge on any atom is -0.379 e. The first-order valence-electron chi connectivity index (χ1n) is 8.98. The molecule has 1 saturated carbocycles. The average Bonchev–Trinajstić information content (AvgIpc) is 2.96. The Hall–Kier alpha value is -0.690. The maximum Gasteiger partial charge on any atom is 0.249 e. The molecule has 23 heavy (non-hydrogen) atoms. The van der Waals surface area contributed by atoms with Crippen molar-refractivity contribution in [1.29, 1.82) is 0 Å². The van der Waals surface area contributed by atoms with Gasteiger partial charge in [0.05, 0.1) is 19.3 Å². The Labute approximate surface area is 138 Å².